The minimum Gasteiger partial charge on any atom is -0.480 e. The van der Waals surface area contributed by atoms with Crippen molar-refractivity contribution in [2.75, 3.05) is 0 Å². The normalized spacial score (nSPS) is 9.97. The summed E-state index contributed by atoms with van der Waals surface area (Å²) in [6.45, 7) is 1.13. The molecule has 0 aliphatic rings. The van der Waals surface area contributed by atoms with Crippen molar-refractivity contribution in [3.8, 4) is 0 Å². The number of hydrogen-bond donors (Lipinski definition) is 1. The van der Waals surface area contributed by atoms with Crippen molar-refractivity contribution in [1.82, 2.24) is 37.4 Å². The number of carbonyl (C=O) groups excluding carboxylic acids is 1. The van der Waals surface area contributed by atoms with Crippen molar-refractivity contribution >= 4 is 56.7 Å². The van der Waals surface area contributed by atoms with E-state index in [1.54, 1.807) is 0 Å². The van der Waals surface area contributed by atoms with Crippen LogP contribution >= 0.6 is 22.6 Å². The van der Waals surface area contributed by atoms with Gasteiger partial charge in [-0.3, -0.25) is 42.4 Å². The number of carboxylic acids is 1. The summed E-state index contributed by atoms with van der Waals surface area (Å²) < 4.78 is 7.07. The van der Waals surface area contributed by atoms with Gasteiger partial charge in [0.2, 0.25) is 0 Å². The van der Waals surface area contributed by atoms with Gasteiger partial charge in [-0.15, -0.1) is 0 Å². The van der Waals surface area contributed by atoms with Gasteiger partial charge < -0.3 is 36.8 Å². The summed E-state index contributed by atoms with van der Waals surface area (Å²) in [6.07, 6.45) is 2.63. The van der Waals surface area contributed by atoms with E-state index < -0.39 is 28.5 Å². The first-order chi connectivity index (χ1) is 16.9. The molecule has 17 heteroatoms. The Hall–Kier alpha value is -3.25. The second kappa shape index (κ2) is 14.1. The first-order valence-corrected chi connectivity index (χ1v) is 11.6. The number of rotatable bonds is 4. The molecule has 4 aromatic rings. The smallest absolute Gasteiger partial charge is 0.332 e. The Morgan fingerprint density at radius 1 is 0.789 bits per heavy atom. The van der Waals surface area contributed by atoms with Crippen molar-refractivity contribution in [3.05, 3.63) is 59.3 Å². The van der Waals surface area contributed by atoms with Gasteiger partial charge >= 0.3 is 17.3 Å². The quantitative estimate of drug-likeness (QED) is 0.217. The molecule has 15 nitrogen and oxygen atoms in total. The molecule has 38 heavy (non-hydrogen) atoms. The number of fused-ring (bicyclic) bond motifs is 2. The van der Waals surface area contributed by atoms with Crippen LogP contribution in [0.1, 0.15) is 14.4 Å². The molecule has 1 radical (unpaired) electrons. The molecule has 0 spiro atoms. The molecule has 0 aliphatic carbocycles. The standard InChI is InChI=1S/C10H12N4O3.C9H10N4O4.CH2I.CH4.V/c1-6(15)4-14-5-11-8-7(14)9(16)13(3)10(17)12(8)2;1-11-7-6(8(16)12(2)9(11)17)13(4-10-7)3-5(14)15;1-2;;/h5H,4H2,1-3H3;4H,3H2,1-2H3,(H,14,15);1H2;1H4;/q;;-1;;. The van der Waals surface area contributed by atoms with E-state index in [2.05, 4.69) is 14.9 Å². The van der Waals surface area contributed by atoms with Crippen LogP contribution < -0.4 is 22.5 Å². The summed E-state index contributed by atoms with van der Waals surface area (Å²) in [4.78, 5) is 79.8. The average molecular weight is 682 g/mol. The number of nitrogens with zero attached hydrogens (tertiary/aromatic N) is 8. The second-order valence-corrected chi connectivity index (χ2v) is 7.60. The molecule has 0 atom stereocenters. The Morgan fingerprint density at radius 2 is 1.13 bits per heavy atom. The number of aliphatic carboxylic acids is 1. The third-order valence-electron chi connectivity index (χ3n) is 5.13. The summed E-state index contributed by atoms with van der Waals surface area (Å²) in [5.74, 6) is -1.17. The maximum absolute atomic E-state index is 11.9. The van der Waals surface area contributed by atoms with E-state index in [1.165, 1.54) is 66.0 Å². The number of Topliss-reactive ketones (excluding diaryl/α,β-unsaturated/α-hetero) is 1. The molecule has 4 aromatic heterocycles. The van der Waals surface area contributed by atoms with E-state index in [1.807, 2.05) is 22.6 Å². The van der Waals surface area contributed by atoms with Gasteiger partial charge in [-0.2, -0.15) is 0 Å². The Kier molecular flexibility index (Phi) is 12.9. The predicted molar refractivity (Wildman–Crippen MR) is 145 cm³/mol. The summed E-state index contributed by atoms with van der Waals surface area (Å²) in [5, 5.41) is 8.70. The van der Waals surface area contributed by atoms with Crippen LogP contribution in [0.4, 0.5) is 0 Å². The molecule has 0 fully saturated rings. The van der Waals surface area contributed by atoms with Crippen LogP contribution in [0, 0.1) is 4.93 Å². The second-order valence-electron chi connectivity index (χ2n) is 7.60. The molecule has 207 valence electrons. The van der Waals surface area contributed by atoms with Gasteiger partial charge in [0, 0.05) is 46.7 Å². The van der Waals surface area contributed by atoms with Gasteiger partial charge in [0.1, 0.15) is 12.3 Å². The summed E-state index contributed by atoms with van der Waals surface area (Å²) >= 11 is 1.90. The number of aromatic nitrogens is 8. The Morgan fingerprint density at radius 3 is 1.45 bits per heavy atom. The summed E-state index contributed by atoms with van der Waals surface area (Å²) in [7, 11) is 5.74. The zero-order valence-electron chi connectivity index (χ0n) is 20.6. The number of halogens is 1. The number of ketones is 1. The SMILES string of the molecule is C.CC(=O)Cn1cnc2c1c(=O)n(C)c(=O)n2C.Cn1c(=O)c2c(ncn2CC(=O)O)n(C)c1=O.[CH2-]I.[V]. The number of carbonyl (C=O) groups is 2. The van der Waals surface area contributed by atoms with Gasteiger partial charge in [-0.1, -0.05) is 7.43 Å². The maximum Gasteiger partial charge on any atom is 0.332 e. The minimum atomic E-state index is -1.08. The van der Waals surface area contributed by atoms with Crippen LogP contribution in [0.25, 0.3) is 22.3 Å². The topological polar surface area (TPSA) is 178 Å². The van der Waals surface area contributed by atoms with E-state index in [0.29, 0.717) is 5.65 Å². The van der Waals surface area contributed by atoms with Gasteiger partial charge in [0.25, 0.3) is 11.1 Å². The van der Waals surface area contributed by atoms with E-state index in [9.17, 15) is 28.8 Å². The average Bonchev–Trinajstić information content (AvgIpc) is 3.44. The first-order valence-electron chi connectivity index (χ1n) is 10.1. The number of hydrogen-bond acceptors (Lipinski definition) is 8. The molecule has 0 aliphatic heterocycles. The fourth-order valence-electron chi connectivity index (χ4n) is 3.42. The summed E-state index contributed by atoms with van der Waals surface area (Å²) in [5.41, 5.74) is -1.08. The Balaban J connectivity index is 0.000000645. The van der Waals surface area contributed by atoms with Crippen molar-refractivity contribution in [2.24, 2.45) is 28.2 Å². The zero-order chi connectivity index (χ0) is 27.5. The zero-order valence-corrected chi connectivity index (χ0v) is 24.1. The molecule has 0 saturated carbocycles. The van der Waals surface area contributed by atoms with Crippen molar-refractivity contribution in [2.45, 2.75) is 27.4 Å². The third kappa shape index (κ3) is 6.60. The van der Waals surface area contributed by atoms with Crippen LogP contribution in [-0.4, -0.2) is 54.2 Å². The van der Waals surface area contributed by atoms with Gasteiger partial charge in [-0.25, -0.2) is 19.6 Å². The number of aryl methyl sites for hydroxylation is 2. The number of carboxylic acid groups (broad SMARTS) is 1. The molecule has 0 unspecified atom stereocenters. The molecule has 0 amide bonds. The fraction of sp³-hybridized carbons (Fsp3) is 0.381. The predicted octanol–water partition coefficient (Wildman–Crippen LogP) is -0.612. The van der Waals surface area contributed by atoms with Crippen molar-refractivity contribution in [1.29, 1.82) is 0 Å². The van der Waals surface area contributed by atoms with Crippen LogP contribution in [0.5, 0.6) is 0 Å². The van der Waals surface area contributed by atoms with Gasteiger partial charge in [0.15, 0.2) is 22.3 Å². The molecular formula is C21H28IN8O7V-. The molecule has 4 heterocycles. The van der Waals surface area contributed by atoms with E-state index in [-0.39, 0.29) is 61.5 Å². The molecule has 4 rings (SSSR count). The third-order valence-corrected chi connectivity index (χ3v) is 5.13. The minimum absolute atomic E-state index is 0. The van der Waals surface area contributed by atoms with E-state index in [4.69, 9.17) is 5.11 Å². The van der Waals surface area contributed by atoms with Gasteiger partial charge in [-0.05, 0) is 6.92 Å². The van der Waals surface area contributed by atoms with Crippen molar-refractivity contribution in [3.63, 3.8) is 0 Å². The van der Waals surface area contributed by atoms with Crippen LogP contribution in [0.3, 0.4) is 0 Å². The molecule has 0 bridgehead atoms. The summed E-state index contributed by atoms with van der Waals surface area (Å²) in [6, 6.07) is 0. The van der Waals surface area contributed by atoms with Crippen LogP contribution in [-0.2, 0) is 69.4 Å². The largest absolute Gasteiger partial charge is 0.480 e. The maximum atomic E-state index is 11.9. The fourth-order valence-corrected chi connectivity index (χ4v) is 3.42. The first kappa shape index (κ1) is 34.8. The van der Waals surface area contributed by atoms with E-state index >= 15 is 0 Å². The molecule has 0 saturated heterocycles. The monoisotopic (exact) mass is 682 g/mol. The van der Waals surface area contributed by atoms with Crippen LogP contribution in [0.2, 0.25) is 0 Å². The molecule has 0 aromatic carbocycles. The van der Waals surface area contributed by atoms with E-state index in [0.717, 1.165) is 9.13 Å². The molecular weight excluding hydrogens is 654 g/mol. The van der Waals surface area contributed by atoms with Crippen molar-refractivity contribution < 1.29 is 33.3 Å². The van der Waals surface area contributed by atoms with Crippen LogP contribution in [0.15, 0.2) is 31.8 Å². The number of imidazole rings is 2. The van der Waals surface area contributed by atoms with Gasteiger partial charge in [0.05, 0.1) is 19.2 Å². The Bertz CT molecular complexity index is 1580. The Labute approximate surface area is 241 Å². The molecule has 1 N–H and O–H groups in total.